The Morgan fingerprint density at radius 1 is 1.25 bits per heavy atom. The van der Waals surface area contributed by atoms with Crippen LogP contribution in [0.1, 0.15) is 0 Å². The molecule has 0 aromatic rings. The summed E-state index contributed by atoms with van der Waals surface area (Å²) < 4.78 is 0. The van der Waals surface area contributed by atoms with E-state index in [1.807, 2.05) is 0 Å². The van der Waals surface area contributed by atoms with E-state index in [9.17, 15) is 0 Å². The number of rotatable bonds is 0. The molecule has 0 saturated carbocycles. The molecule has 0 rings (SSSR count). The fourth-order valence-electron chi connectivity index (χ4n) is 0. The summed E-state index contributed by atoms with van der Waals surface area (Å²) in [5, 5.41) is 0.194. The third-order valence-electron chi connectivity index (χ3n) is 0. The Labute approximate surface area is 49.7 Å². The second-order valence-electron chi connectivity index (χ2n) is 0.101. The molecule has 26 valence electrons. The molecule has 0 bridgehead atoms. The molecule has 0 amide bonds. The van der Waals surface area contributed by atoms with Gasteiger partial charge in [0.25, 0.3) is 0 Å². The molecule has 0 atom stereocenters. The zero-order chi connectivity index (χ0) is 2.71. The quantitative estimate of drug-likeness (QED) is 0.391. The van der Waals surface area contributed by atoms with Crippen LogP contribution in [-0.2, 0) is 21.1 Å². The predicted molar refractivity (Wildman–Crippen MR) is 16.6 cm³/mol. The van der Waals surface area contributed by atoms with Crippen molar-refractivity contribution in [1.82, 2.24) is 0 Å². The Balaban J connectivity index is 0. The zero-order valence-electron chi connectivity index (χ0n) is 1.87. The first-order valence-corrected chi connectivity index (χ1v) is 1.60. The molecule has 4 heavy (non-hydrogen) atoms. The average molecular weight is 181 g/mol. The fourth-order valence-corrected chi connectivity index (χ4v) is 0. The Bertz CT molecular complexity index is 6.00. The molecule has 0 aromatic heterocycles. The first-order valence-electron chi connectivity index (χ1n) is 0.535. The number of hydrogen-bond acceptors (Lipinski definition) is 0. The average Bonchev–Trinajstić information content (AvgIpc) is 0.918. The van der Waals surface area contributed by atoms with Crippen molar-refractivity contribution in [3.8, 4) is 0 Å². The van der Waals surface area contributed by atoms with Gasteiger partial charge in [0.15, 0.2) is 0 Å². The van der Waals surface area contributed by atoms with Crippen molar-refractivity contribution in [2.75, 3.05) is 5.34 Å². The minimum absolute atomic E-state index is 0. The Morgan fingerprint density at radius 2 is 1.25 bits per heavy atom. The molecule has 0 fully saturated rings. The number of halogens is 2. The molecular formula is CH2Cl2Mo. The van der Waals surface area contributed by atoms with Crippen LogP contribution < -0.4 is 0 Å². The summed E-state index contributed by atoms with van der Waals surface area (Å²) in [5.41, 5.74) is 0. The van der Waals surface area contributed by atoms with Crippen LogP contribution in [0.2, 0.25) is 0 Å². The monoisotopic (exact) mass is 182 g/mol. The zero-order valence-corrected chi connectivity index (χ0v) is 5.39. The predicted octanol–water partition coefficient (Wildman–Crippen LogP) is 1.42. The van der Waals surface area contributed by atoms with E-state index in [0.29, 0.717) is 0 Å². The third kappa shape index (κ3) is 10.5. The van der Waals surface area contributed by atoms with Gasteiger partial charge in [-0.1, -0.05) is 0 Å². The molecule has 3 heteroatoms. The van der Waals surface area contributed by atoms with Gasteiger partial charge >= 0.3 is 0 Å². The van der Waals surface area contributed by atoms with Crippen molar-refractivity contribution in [3.63, 3.8) is 0 Å². The Hall–Kier alpha value is 1.27. The van der Waals surface area contributed by atoms with Crippen molar-refractivity contribution in [1.29, 1.82) is 0 Å². The van der Waals surface area contributed by atoms with E-state index < -0.39 is 0 Å². The summed E-state index contributed by atoms with van der Waals surface area (Å²) in [4.78, 5) is 0. The molecule has 0 unspecified atom stereocenters. The van der Waals surface area contributed by atoms with E-state index in [2.05, 4.69) is 0 Å². The SMILES string of the molecule is ClCCl.[Mo]. The van der Waals surface area contributed by atoms with Gasteiger partial charge in [0, 0.05) is 21.1 Å². The van der Waals surface area contributed by atoms with Gasteiger partial charge in [0.1, 0.15) is 0 Å². The second-order valence-corrected chi connectivity index (χ2v) is 0.909. The molecule has 0 heterocycles. The minimum atomic E-state index is 0. The molecular weight excluding hydrogens is 179 g/mol. The normalized spacial score (nSPS) is 4.50. The van der Waals surface area contributed by atoms with Crippen LogP contribution in [0.5, 0.6) is 0 Å². The van der Waals surface area contributed by atoms with E-state index in [-0.39, 0.29) is 26.4 Å². The second kappa shape index (κ2) is 8.86. The molecule has 0 aliphatic heterocycles. The van der Waals surface area contributed by atoms with E-state index in [1.165, 1.54) is 0 Å². The maximum atomic E-state index is 4.76. The van der Waals surface area contributed by atoms with Gasteiger partial charge in [-0.3, -0.25) is 0 Å². The van der Waals surface area contributed by atoms with Crippen LogP contribution in [0, 0.1) is 0 Å². The summed E-state index contributed by atoms with van der Waals surface area (Å²) in [7, 11) is 0. The van der Waals surface area contributed by atoms with Gasteiger partial charge < -0.3 is 0 Å². The van der Waals surface area contributed by atoms with Crippen LogP contribution in [-0.4, -0.2) is 5.34 Å². The molecule has 0 aliphatic rings. The molecule has 0 nitrogen and oxygen atoms in total. The number of alkyl halides is 2. The smallest absolute Gasteiger partial charge is 0.0967 e. The summed E-state index contributed by atoms with van der Waals surface area (Å²) >= 11 is 9.53. The molecule has 0 aromatic carbocycles. The van der Waals surface area contributed by atoms with Crippen LogP contribution in [0.25, 0.3) is 0 Å². The first kappa shape index (κ1) is 8.99. The van der Waals surface area contributed by atoms with Crippen LogP contribution in [0.4, 0.5) is 0 Å². The maximum Gasteiger partial charge on any atom is 0.0967 e. The van der Waals surface area contributed by atoms with Gasteiger partial charge in [-0.25, -0.2) is 0 Å². The van der Waals surface area contributed by atoms with Crippen LogP contribution >= 0.6 is 23.2 Å². The van der Waals surface area contributed by atoms with Crippen molar-refractivity contribution in [3.05, 3.63) is 0 Å². The van der Waals surface area contributed by atoms with Crippen molar-refractivity contribution in [2.24, 2.45) is 0 Å². The first-order chi connectivity index (χ1) is 1.41. The van der Waals surface area contributed by atoms with E-state index in [4.69, 9.17) is 23.2 Å². The molecule has 0 radical (unpaired) electrons. The fraction of sp³-hybridized carbons (Fsp3) is 1.00. The van der Waals surface area contributed by atoms with Gasteiger partial charge in [-0.2, -0.15) is 0 Å². The van der Waals surface area contributed by atoms with Gasteiger partial charge in [0.2, 0.25) is 0 Å². The topological polar surface area (TPSA) is 0 Å². The molecule has 0 aliphatic carbocycles. The van der Waals surface area contributed by atoms with E-state index >= 15 is 0 Å². The molecule has 0 spiro atoms. The molecule has 0 saturated heterocycles. The third-order valence-corrected chi connectivity index (χ3v) is 0. The number of hydrogen-bond donors (Lipinski definition) is 0. The molecule has 0 N–H and O–H groups in total. The van der Waals surface area contributed by atoms with Gasteiger partial charge in [-0.05, 0) is 0 Å². The van der Waals surface area contributed by atoms with Crippen molar-refractivity contribution < 1.29 is 21.1 Å². The minimum Gasteiger partial charge on any atom is -0.109 e. The van der Waals surface area contributed by atoms with E-state index in [0.717, 1.165) is 0 Å². The maximum absolute atomic E-state index is 4.76. The largest absolute Gasteiger partial charge is 0.109 e. The van der Waals surface area contributed by atoms with Crippen molar-refractivity contribution in [2.45, 2.75) is 0 Å². The Morgan fingerprint density at radius 3 is 1.25 bits per heavy atom. The van der Waals surface area contributed by atoms with Crippen LogP contribution in [0.3, 0.4) is 0 Å². The van der Waals surface area contributed by atoms with Gasteiger partial charge in [-0.15, -0.1) is 23.2 Å². The van der Waals surface area contributed by atoms with Crippen LogP contribution in [0.15, 0.2) is 0 Å². The summed E-state index contributed by atoms with van der Waals surface area (Å²) in [6, 6.07) is 0. The summed E-state index contributed by atoms with van der Waals surface area (Å²) in [5.74, 6) is 0. The summed E-state index contributed by atoms with van der Waals surface area (Å²) in [6.07, 6.45) is 0. The van der Waals surface area contributed by atoms with Crippen molar-refractivity contribution >= 4 is 23.2 Å². The Kier molecular flexibility index (Phi) is 19.9. The summed E-state index contributed by atoms with van der Waals surface area (Å²) in [6.45, 7) is 0. The van der Waals surface area contributed by atoms with Gasteiger partial charge in [0.05, 0.1) is 5.34 Å². The van der Waals surface area contributed by atoms with E-state index in [1.54, 1.807) is 0 Å². The standard InChI is InChI=1S/CH2Cl2.Mo/c2-1-3;/h1H2;.